The van der Waals surface area contributed by atoms with Crippen LogP contribution in [0, 0.1) is 0 Å². The van der Waals surface area contributed by atoms with Gasteiger partial charge in [-0.05, 0) is 19.3 Å². The van der Waals surface area contributed by atoms with Crippen molar-refractivity contribution in [1.29, 1.82) is 0 Å². The molecule has 0 fully saturated rings. The van der Waals surface area contributed by atoms with Crippen molar-refractivity contribution in [3.8, 4) is 0 Å². The molecule has 0 aliphatic carbocycles. The molecular formula is C64H130N2O6P+. The van der Waals surface area contributed by atoms with Gasteiger partial charge < -0.3 is 19.8 Å². The maximum atomic E-state index is 13.0. The average molecular weight is 1050 g/mol. The Morgan fingerprint density at radius 3 is 1.01 bits per heavy atom. The summed E-state index contributed by atoms with van der Waals surface area (Å²) in [5, 5.41) is 14.0. The summed E-state index contributed by atoms with van der Waals surface area (Å²) in [5.41, 5.74) is 0. The van der Waals surface area contributed by atoms with E-state index < -0.39 is 20.0 Å². The van der Waals surface area contributed by atoms with Crippen LogP contribution in [-0.4, -0.2) is 73.4 Å². The summed E-state index contributed by atoms with van der Waals surface area (Å²) >= 11 is 0. The summed E-state index contributed by atoms with van der Waals surface area (Å²) in [6.07, 6.45) is 70.5. The number of quaternary nitrogens is 1. The molecule has 0 saturated carbocycles. The highest BCUT2D eigenvalue weighted by atomic mass is 31.2. The average Bonchev–Trinajstić information content (AvgIpc) is 3.35. The van der Waals surface area contributed by atoms with Crippen LogP contribution >= 0.6 is 7.82 Å². The van der Waals surface area contributed by atoms with Crippen molar-refractivity contribution in [3.05, 3.63) is 12.2 Å². The van der Waals surface area contributed by atoms with E-state index in [9.17, 15) is 19.4 Å². The van der Waals surface area contributed by atoms with Crippen LogP contribution in [0.25, 0.3) is 0 Å². The minimum absolute atomic E-state index is 0.0654. The molecule has 0 rings (SSSR count). The Balaban J connectivity index is 4.06. The molecule has 3 atom stereocenters. The Morgan fingerprint density at radius 2 is 0.726 bits per heavy atom. The third-order valence-corrected chi connectivity index (χ3v) is 16.2. The van der Waals surface area contributed by atoms with Gasteiger partial charge in [-0.3, -0.25) is 13.8 Å². The van der Waals surface area contributed by atoms with Crippen LogP contribution in [0.5, 0.6) is 0 Å². The standard InChI is InChI=1S/C64H129N2O6P/c1-6-8-10-12-14-16-18-20-22-24-26-28-30-31-32-33-34-35-36-38-40-42-44-46-48-50-52-54-56-58-64(68)65-62(61-72-73(69,70)71-60-59-66(3,4)5)63(67)57-55-53-51-49-47-45-43-41-39-37-29-27-25-23-21-19-17-15-13-11-9-7-2/h55,57,62-63,67H,6-54,56,58-61H2,1-5H3,(H-,65,68,69,70)/p+1/b57-55+. The van der Waals surface area contributed by atoms with E-state index in [0.717, 1.165) is 32.1 Å². The highest BCUT2D eigenvalue weighted by molar-refractivity contribution is 7.47. The molecule has 0 bridgehead atoms. The lowest BCUT2D eigenvalue weighted by molar-refractivity contribution is -0.870. The predicted molar refractivity (Wildman–Crippen MR) is 319 cm³/mol. The largest absolute Gasteiger partial charge is 0.472 e. The van der Waals surface area contributed by atoms with Crippen LogP contribution in [0.2, 0.25) is 0 Å². The normalized spacial score (nSPS) is 13.8. The van der Waals surface area contributed by atoms with Gasteiger partial charge in [-0.25, -0.2) is 4.57 Å². The van der Waals surface area contributed by atoms with Crippen molar-refractivity contribution in [2.75, 3.05) is 40.9 Å². The number of allylic oxidation sites excluding steroid dienone is 1. The minimum atomic E-state index is -4.35. The fourth-order valence-corrected chi connectivity index (χ4v) is 10.9. The number of hydrogen-bond acceptors (Lipinski definition) is 5. The first-order valence-corrected chi connectivity index (χ1v) is 34.1. The molecule has 0 aliphatic rings. The Hall–Kier alpha value is -0.760. The summed E-state index contributed by atoms with van der Waals surface area (Å²) in [4.78, 5) is 23.4. The molecule has 3 unspecified atom stereocenters. The number of likely N-dealkylation sites (N-methyl/N-ethyl adjacent to an activating group) is 1. The second kappa shape index (κ2) is 56.0. The SMILES string of the molecule is CCCCCCCCCCCCCCCCCCCCCC/C=C/C(O)C(COP(=O)(O)OCC[N+](C)(C)C)NC(=O)CCCCCCCCCCCCCCCCCCCCCCCCCCCCCCC. The van der Waals surface area contributed by atoms with E-state index in [2.05, 4.69) is 19.2 Å². The molecule has 9 heteroatoms. The van der Waals surface area contributed by atoms with Gasteiger partial charge in [0.05, 0.1) is 39.9 Å². The van der Waals surface area contributed by atoms with E-state index in [1.807, 2.05) is 27.2 Å². The third-order valence-electron chi connectivity index (χ3n) is 15.3. The van der Waals surface area contributed by atoms with Gasteiger partial charge in [-0.1, -0.05) is 328 Å². The molecule has 436 valence electrons. The molecule has 73 heavy (non-hydrogen) atoms. The molecule has 1 amide bonds. The number of unbranched alkanes of at least 4 members (excludes halogenated alkanes) is 48. The fourth-order valence-electron chi connectivity index (χ4n) is 10.2. The van der Waals surface area contributed by atoms with Gasteiger partial charge in [0, 0.05) is 6.42 Å². The van der Waals surface area contributed by atoms with Crippen LogP contribution < -0.4 is 5.32 Å². The summed E-state index contributed by atoms with van der Waals surface area (Å²) in [6, 6.07) is -0.843. The number of carbonyl (C=O) groups is 1. The van der Waals surface area contributed by atoms with E-state index in [-0.39, 0.29) is 19.1 Å². The first kappa shape index (κ1) is 72.2. The lowest BCUT2D eigenvalue weighted by atomic mass is 10.0. The van der Waals surface area contributed by atoms with E-state index in [0.29, 0.717) is 17.4 Å². The minimum Gasteiger partial charge on any atom is -0.387 e. The van der Waals surface area contributed by atoms with Gasteiger partial charge in [0.25, 0.3) is 0 Å². The quantitative estimate of drug-likeness (QED) is 0.0243. The summed E-state index contributed by atoms with van der Waals surface area (Å²) in [6.45, 7) is 4.88. The van der Waals surface area contributed by atoms with Gasteiger partial charge in [0.15, 0.2) is 0 Å². The predicted octanol–water partition coefficient (Wildman–Crippen LogP) is 20.2. The van der Waals surface area contributed by atoms with E-state index in [1.54, 1.807) is 6.08 Å². The van der Waals surface area contributed by atoms with Crippen molar-refractivity contribution >= 4 is 13.7 Å². The molecule has 0 aromatic rings. The second-order valence-electron chi connectivity index (χ2n) is 23.9. The zero-order valence-electron chi connectivity index (χ0n) is 49.9. The number of amides is 1. The molecule has 0 aromatic heterocycles. The van der Waals surface area contributed by atoms with E-state index >= 15 is 0 Å². The smallest absolute Gasteiger partial charge is 0.387 e. The first-order valence-electron chi connectivity index (χ1n) is 32.6. The van der Waals surface area contributed by atoms with Crippen LogP contribution in [0.4, 0.5) is 0 Å². The number of phosphoric acid groups is 1. The Kier molecular flexibility index (Phi) is 55.4. The lowest BCUT2D eigenvalue weighted by Crippen LogP contribution is -2.45. The van der Waals surface area contributed by atoms with E-state index in [4.69, 9.17) is 9.05 Å². The maximum absolute atomic E-state index is 13.0. The van der Waals surface area contributed by atoms with Crippen LogP contribution in [-0.2, 0) is 18.4 Å². The van der Waals surface area contributed by atoms with Gasteiger partial charge in [-0.2, -0.15) is 0 Å². The number of carbonyl (C=O) groups excluding carboxylic acids is 1. The highest BCUT2D eigenvalue weighted by Gasteiger charge is 2.28. The zero-order chi connectivity index (χ0) is 53.5. The number of phosphoric ester groups is 1. The molecule has 0 aromatic carbocycles. The second-order valence-corrected chi connectivity index (χ2v) is 25.3. The first-order chi connectivity index (χ1) is 35.5. The highest BCUT2D eigenvalue weighted by Crippen LogP contribution is 2.43. The molecule has 0 aliphatic heterocycles. The Bertz CT molecular complexity index is 1200. The monoisotopic (exact) mass is 1050 g/mol. The fraction of sp³-hybridized carbons (Fsp3) is 0.953. The number of nitrogens with one attached hydrogen (secondary N) is 1. The van der Waals surface area contributed by atoms with Gasteiger partial charge in [0.2, 0.25) is 5.91 Å². The molecule has 0 spiro atoms. The van der Waals surface area contributed by atoms with Crippen LogP contribution in [0.15, 0.2) is 12.2 Å². The van der Waals surface area contributed by atoms with Crippen molar-refractivity contribution in [2.45, 2.75) is 353 Å². The third kappa shape index (κ3) is 58.8. The topological polar surface area (TPSA) is 105 Å². The molecular weight excluding hydrogens is 924 g/mol. The lowest BCUT2D eigenvalue weighted by Gasteiger charge is -2.25. The summed E-state index contributed by atoms with van der Waals surface area (Å²) < 4.78 is 23.8. The molecule has 0 saturated heterocycles. The van der Waals surface area contributed by atoms with Crippen LogP contribution in [0.3, 0.4) is 0 Å². The van der Waals surface area contributed by atoms with E-state index in [1.165, 1.54) is 289 Å². The van der Waals surface area contributed by atoms with Gasteiger partial charge in [-0.15, -0.1) is 0 Å². The number of aliphatic hydroxyl groups is 1. The number of nitrogens with zero attached hydrogens (tertiary/aromatic N) is 1. The van der Waals surface area contributed by atoms with Gasteiger partial charge >= 0.3 is 7.82 Å². The molecule has 3 N–H and O–H groups in total. The van der Waals surface area contributed by atoms with Gasteiger partial charge in [0.1, 0.15) is 13.2 Å². The Labute approximate surface area is 456 Å². The van der Waals surface area contributed by atoms with Crippen LogP contribution in [0.1, 0.15) is 341 Å². The molecule has 0 heterocycles. The van der Waals surface area contributed by atoms with Crippen molar-refractivity contribution in [3.63, 3.8) is 0 Å². The molecule has 8 nitrogen and oxygen atoms in total. The summed E-state index contributed by atoms with van der Waals surface area (Å²) in [5.74, 6) is -0.168. The zero-order valence-corrected chi connectivity index (χ0v) is 50.8. The Morgan fingerprint density at radius 1 is 0.452 bits per heavy atom. The van der Waals surface area contributed by atoms with Crippen molar-refractivity contribution in [1.82, 2.24) is 5.32 Å². The number of aliphatic hydroxyl groups excluding tert-OH is 1. The number of hydrogen-bond donors (Lipinski definition) is 3. The maximum Gasteiger partial charge on any atom is 0.472 e. The van der Waals surface area contributed by atoms with Crippen molar-refractivity contribution in [2.24, 2.45) is 0 Å². The molecule has 0 radical (unpaired) electrons. The number of rotatable bonds is 61. The summed E-state index contributed by atoms with van der Waals surface area (Å²) in [7, 11) is 1.59. The van der Waals surface area contributed by atoms with Crippen molar-refractivity contribution < 1.29 is 32.9 Å².